The minimum atomic E-state index is -1.39. The monoisotopic (exact) mass is 514 g/mol. The summed E-state index contributed by atoms with van der Waals surface area (Å²) in [7, 11) is 1.55. The summed E-state index contributed by atoms with van der Waals surface area (Å²) in [4.78, 5) is 23.4. The first-order valence-electron chi connectivity index (χ1n) is 12.3. The average molecular weight is 515 g/mol. The molecule has 1 atom stereocenters. The number of hydroxylamine groups is 1. The predicted molar refractivity (Wildman–Crippen MR) is 137 cm³/mol. The number of methoxy groups -OCH3 is 1. The molecule has 2 N–H and O–H groups in total. The Morgan fingerprint density at radius 3 is 2.72 bits per heavy atom. The lowest BCUT2D eigenvalue weighted by molar-refractivity contribution is -0.143. The first-order valence-corrected chi connectivity index (χ1v) is 12.7. The summed E-state index contributed by atoms with van der Waals surface area (Å²) in [6.07, 6.45) is 7.16. The quantitative estimate of drug-likeness (QED) is 0.282. The molecule has 0 bridgehead atoms. The summed E-state index contributed by atoms with van der Waals surface area (Å²) in [6, 6.07) is 9.32. The molecular weight excluding hydrogens is 483 g/mol. The number of ether oxygens (including phenoxy) is 1. The summed E-state index contributed by atoms with van der Waals surface area (Å²) in [6.45, 7) is 2.36. The molecule has 1 fully saturated rings. The Labute approximate surface area is 215 Å². The number of aromatic nitrogens is 2. The molecule has 1 aliphatic heterocycles. The van der Waals surface area contributed by atoms with Crippen LogP contribution in [-0.2, 0) is 11.2 Å². The van der Waals surface area contributed by atoms with Crippen molar-refractivity contribution in [1.29, 1.82) is 0 Å². The number of nitrogens with zero attached hydrogens (tertiary/aromatic N) is 3. The number of halogens is 2. The van der Waals surface area contributed by atoms with Crippen LogP contribution in [0, 0.1) is 5.41 Å². The van der Waals surface area contributed by atoms with Gasteiger partial charge in [0.15, 0.2) is 0 Å². The fourth-order valence-corrected chi connectivity index (χ4v) is 5.40. The second-order valence-corrected chi connectivity index (χ2v) is 9.84. The standard InChI is InChI=1S/C27H32ClFN4O3/c1-36-20-4-5-24-21(17-20)25(22(28)18-31-24)23(29)6-9-27(26(34)32-35)10-15-33(16-11-27)14-2-3-19-7-12-30-13-8-19/h4-5,7-8,12-13,17-18,23,35H,2-3,6,9-11,14-16H2,1H3,(H,32,34)/t23-/m1/s1. The first kappa shape index (κ1) is 26.3. The van der Waals surface area contributed by atoms with Gasteiger partial charge in [-0.25, -0.2) is 9.87 Å². The maximum absolute atomic E-state index is 15.7. The summed E-state index contributed by atoms with van der Waals surface area (Å²) in [5, 5.41) is 10.3. The number of pyridine rings is 2. The van der Waals surface area contributed by atoms with Crippen molar-refractivity contribution in [3.8, 4) is 5.75 Å². The topological polar surface area (TPSA) is 87.6 Å². The van der Waals surface area contributed by atoms with Gasteiger partial charge in [-0.15, -0.1) is 0 Å². The molecular formula is C27H32ClFN4O3. The number of likely N-dealkylation sites (tertiary alicyclic amines) is 1. The Bertz CT molecular complexity index is 1170. The number of hydrogen-bond donors (Lipinski definition) is 2. The van der Waals surface area contributed by atoms with Gasteiger partial charge in [-0.1, -0.05) is 11.6 Å². The summed E-state index contributed by atoms with van der Waals surface area (Å²) >= 11 is 6.38. The zero-order chi connectivity index (χ0) is 25.5. The van der Waals surface area contributed by atoms with E-state index < -0.39 is 17.5 Å². The van der Waals surface area contributed by atoms with Gasteiger partial charge in [-0.3, -0.25) is 20.0 Å². The van der Waals surface area contributed by atoms with Crippen LogP contribution in [0.2, 0.25) is 5.02 Å². The van der Waals surface area contributed by atoms with Crippen LogP contribution in [0.4, 0.5) is 4.39 Å². The lowest BCUT2D eigenvalue weighted by atomic mass is 9.73. The van der Waals surface area contributed by atoms with Crippen molar-refractivity contribution in [1.82, 2.24) is 20.3 Å². The van der Waals surface area contributed by atoms with Crippen molar-refractivity contribution in [2.45, 2.75) is 44.7 Å². The number of benzene rings is 1. The minimum absolute atomic E-state index is 0.103. The Kier molecular flexibility index (Phi) is 8.72. The van der Waals surface area contributed by atoms with Crippen LogP contribution in [0.3, 0.4) is 0 Å². The molecule has 2 aromatic heterocycles. The van der Waals surface area contributed by atoms with Gasteiger partial charge in [-0.05, 0) is 94.1 Å². The van der Waals surface area contributed by atoms with E-state index in [-0.39, 0.29) is 11.4 Å². The maximum atomic E-state index is 15.7. The number of fused-ring (bicyclic) bond motifs is 1. The molecule has 7 nitrogen and oxygen atoms in total. The molecule has 192 valence electrons. The lowest BCUT2D eigenvalue weighted by Gasteiger charge is -2.40. The van der Waals surface area contributed by atoms with Gasteiger partial charge >= 0.3 is 0 Å². The number of amides is 1. The van der Waals surface area contributed by atoms with Crippen molar-refractivity contribution in [3.05, 3.63) is 65.1 Å². The minimum Gasteiger partial charge on any atom is -0.497 e. The third kappa shape index (κ3) is 5.94. The highest BCUT2D eigenvalue weighted by Gasteiger charge is 2.41. The lowest BCUT2D eigenvalue weighted by Crippen LogP contribution is -2.48. The second kappa shape index (κ2) is 12.0. The Morgan fingerprint density at radius 1 is 1.28 bits per heavy atom. The van der Waals surface area contributed by atoms with E-state index in [4.69, 9.17) is 16.3 Å². The fraction of sp³-hybridized carbons (Fsp3) is 0.444. The van der Waals surface area contributed by atoms with Crippen molar-refractivity contribution in [2.75, 3.05) is 26.7 Å². The highest BCUT2D eigenvalue weighted by molar-refractivity contribution is 6.32. The number of hydrogen-bond acceptors (Lipinski definition) is 6. The molecule has 1 aromatic carbocycles. The number of nitrogens with one attached hydrogen (secondary N) is 1. The molecule has 3 heterocycles. The van der Waals surface area contributed by atoms with Gasteiger partial charge in [-0.2, -0.15) is 0 Å². The highest BCUT2D eigenvalue weighted by atomic mass is 35.5. The SMILES string of the molecule is COc1ccc2ncc(Cl)c([C@H](F)CCC3(C(=O)NO)CCN(CCCc4ccncc4)CC3)c2c1. The molecule has 9 heteroatoms. The zero-order valence-electron chi connectivity index (χ0n) is 20.4. The predicted octanol–water partition coefficient (Wildman–Crippen LogP) is 5.30. The third-order valence-corrected chi connectivity index (χ3v) is 7.64. The van der Waals surface area contributed by atoms with Gasteiger partial charge < -0.3 is 9.64 Å². The maximum Gasteiger partial charge on any atom is 0.249 e. The zero-order valence-corrected chi connectivity index (χ0v) is 21.2. The Hall–Kier alpha value is -2.81. The van der Waals surface area contributed by atoms with Gasteiger partial charge in [0.2, 0.25) is 5.91 Å². The van der Waals surface area contributed by atoms with Crippen LogP contribution >= 0.6 is 11.6 Å². The normalized spacial score (nSPS) is 16.6. The van der Waals surface area contributed by atoms with Crippen LogP contribution in [0.15, 0.2) is 48.9 Å². The van der Waals surface area contributed by atoms with E-state index in [0.29, 0.717) is 41.5 Å². The molecule has 3 aromatic rings. The largest absolute Gasteiger partial charge is 0.497 e. The molecule has 0 unspecified atom stereocenters. The summed E-state index contributed by atoms with van der Waals surface area (Å²) in [5.74, 6) is 0.144. The number of carbonyl (C=O) groups is 1. The van der Waals surface area contributed by atoms with Crippen LogP contribution in [0.5, 0.6) is 5.75 Å². The van der Waals surface area contributed by atoms with E-state index in [0.717, 1.165) is 32.5 Å². The molecule has 1 saturated heterocycles. The van der Waals surface area contributed by atoms with E-state index >= 15 is 4.39 Å². The van der Waals surface area contributed by atoms with Gasteiger partial charge in [0.1, 0.15) is 11.9 Å². The van der Waals surface area contributed by atoms with E-state index in [9.17, 15) is 10.0 Å². The second-order valence-electron chi connectivity index (χ2n) is 9.43. The molecule has 1 aliphatic rings. The Balaban J connectivity index is 1.40. The molecule has 36 heavy (non-hydrogen) atoms. The summed E-state index contributed by atoms with van der Waals surface area (Å²) < 4.78 is 21.0. The van der Waals surface area contributed by atoms with Crippen molar-refractivity contribution in [3.63, 3.8) is 0 Å². The molecule has 0 radical (unpaired) electrons. The molecule has 0 aliphatic carbocycles. The smallest absolute Gasteiger partial charge is 0.249 e. The van der Waals surface area contributed by atoms with E-state index in [1.807, 2.05) is 17.6 Å². The number of alkyl halides is 1. The fourth-order valence-electron chi connectivity index (χ4n) is 5.13. The van der Waals surface area contributed by atoms with Gasteiger partial charge in [0.05, 0.1) is 23.1 Å². The molecule has 4 rings (SSSR count). The van der Waals surface area contributed by atoms with Crippen molar-refractivity contribution in [2.24, 2.45) is 5.41 Å². The van der Waals surface area contributed by atoms with E-state index in [1.165, 1.54) is 11.8 Å². The van der Waals surface area contributed by atoms with Crippen molar-refractivity contribution < 1.29 is 19.1 Å². The van der Waals surface area contributed by atoms with Gasteiger partial charge in [0, 0.05) is 29.5 Å². The van der Waals surface area contributed by atoms with Crippen LogP contribution in [-0.4, -0.2) is 52.7 Å². The molecule has 0 spiro atoms. The van der Waals surface area contributed by atoms with Crippen LogP contribution < -0.4 is 10.2 Å². The number of aryl methyl sites for hydroxylation is 1. The number of rotatable bonds is 10. The first-order chi connectivity index (χ1) is 17.5. The third-order valence-electron chi connectivity index (χ3n) is 7.34. The van der Waals surface area contributed by atoms with E-state index in [1.54, 1.807) is 37.7 Å². The molecule has 0 saturated carbocycles. The highest BCUT2D eigenvalue weighted by Crippen LogP contribution is 2.42. The average Bonchev–Trinajstić information content (AvgIpc) is 2.92. The van der Waals surface area contributed by atoms with Gasteiger partial charge in [0.25, 0.3) is 0 Å². The Morgan fingerprint density at radius 2 is 2.03 bits per heavy atom. The van der Waals surface area contributed by atoms with Crippen LogP contribution in [0.1, 0.15) is 49.4 Å². The van der Waals surface area contributed by atoms with E-state index in [2.05, 4.69) is 14.9 Å². The number of piperidine rings is 1. The summed E-state index contributed by atoms with van der Waals surface area (Å²) in [5.41, 5.74) is 3.25. The van der Waals surface area contributed by atoms with Crippen molar-refractivity contribution >= 4 is 28.4 Å². The number of carbonyl (C=O) groups excluding carboxylic acids is 1. The molecule has 1 amide bonds. The van der Waals surface area contributed by atoms with Crippen LogP contribution in [0.25, 0.3) is 10.9 Å².